The first-order valence-electron chi connectivity index (χ1n) is 9.66. The van der Waals surface area contributed by atoms with Crippen molar-refractivity contribution in [1.82, 2.24) is 5.32 Å². The zero-order chi connectivity index (χ0) is 20.8. The van der Waals surface area contributed by atoms with Gasteiger partial charge in [-0.15, -0.1) is 0 Å². The molecule has 0 unspecified atom stereocenters. The summed E-state index contributed by atoms with van der Waals surface area (Å²) >= 11 is 0. The number of hydrogen-bond donors (Lipinski definition) is 2. The van der Waals surface area contributed by atoms with Gasteiger partial charge in [0.15, 0.2) is 0 Å². The maximum absolute atomic E-state index is 11.7. The molecule has 0 fully saturated rings. The first-order valence-corrected chi connectivity index (χ1v) is 9.66. The molecule has 0 radical (unpaired) electrons. The zero-order valence-corrected chi connectivity index (χ0v) is 17.0. The lowest BCUT2D eigenvalue weighted by Crippen LogP contribution is -2.32. The summed E-state index contributed by atoms with van der Waals surface area (Å²) < 4.78 is 16.2. The van der Waals surface area contributed by atoms with Gasteiger partial charge in [0.1, 0.15) is 29.8 Å². The van der Waals surface area contributed by atoms with Crippen molar-refractivity contribution in [2.75, 3.05) is 26.8 Å². The second-order valence-corrected chi connectivity index (χ2v) is 7.08. The van der Waals surface area contributed by atoms with Crippen molar-refractivity contribution in [2.45, 2.75) is 26.4 Å². The van der Waals surface area contributed by atoms with Gasteiger partial charge in [0.25, 0.3) is 0 Å². The van der Waals surface area contributed by atoms with E-state index in [2.05, 4.69) is 5.32 Å². The fourth-order valence-corrected chi connectivity index (χ4v) is 3.20. The third-order valence-electron chi connectivity index (χ3n) is 4.88. The smallest absolute Gasteiger partial charge is 0.336 e. The number of rotatable bonds is 9. The predicted molar refractivity (Wildman–Crippen MR) is 113 cm³/mol. The average Bonchev–Trinajstić information content (AvgIpc) is 2.71. The maximum Gasteiger partial charge on any atom is 0.336 e. The number of aryl methyl sites for hydroxylation is 2. The van der Waals surface area contributed by atoms with Crippen molar-refractivity contribution in [1.29, 1.82) is 0 Å². The van der Waals surface area contributed by atoms with Crippen LogP contribution in [0.1, 0.15) is 16.7 Å². The van der Waals surface area contributed by atoms with Gasteiger partial charge in [0.2, 0.25) is 0 Å². The Morgan fingerprint density at radius 2 is 1.90 bits per heavy atom. The second kappa shape index (κ2) is 9.58. The number of ether oxygens (including phenoxy) is 2. The van der Waals surface area contributed by atoms with Crippen molar-refractivity contribution in [2.24, 2.45) is 0 Å². The lowest BCUT2D eigenvalue weighted by atomic mass is 10.1. The Bertz CT molecular complexity index is 1010. The molecule has 29 heavy (non-hydrogen) atoms. The Morgan fingerprint density at radius 3 is 2.62 bits per heavy atom. The van der Waals surface area contributed by atoms with Crippen LogP contribution in [0.2, 0.25) is 0 Å². The molecule has 0 spiro atoms. The standard InChI is InChI=1S/C23H27NO5/c1-15-12-22(26)29-23-16(2)21(9-8-20(15)23)28-14-18(25)13-24-11-10-17-4-6-19(27-3)7-5-17/h4-9,12,18,24-25H,10-11,13-14H2,1-3H3/t18-/m1/s1. The molecule has 0 saturated carbocycles. The fraction of sp³-hybridized carbons (Fsp3) is 0.348. The first-order chi connectivity index (χ1) is 14.0. The molecule has 6 nitrogen and oxygen atoms in total. The van der Waals surface area contributed by atoms with Gasteiger partial charge in [0.05, 0.1) is 7.11 Å². The van der Waals surface area contributed by atoms with Crippen LogP contribution in [-0.2, 0) is 6.42 Å². The Morgan fingerprint density at radius 1 is 1.14 bits per heavy atom. The van der Waals surface area contributed by atoms with Gasteiger partial charge < -0.3 is 24.3 Å². The Balaban J connectivity index is 1.48. The fourth-order valence-electron chi connectivity index (χ4n) is 3.20. The number of aliphatic hydroxyl groups excluding tert-OH is 1. The average molecular weight is 397 g/mol. The minimum absolute atomic E-state index is 0.151. The number of aliphatic hydroxyl groups is 1. The summed E-state index contributed by atoms with van der Waals surface area (Å²) in [6.45, 7) is 5.05. The molecule has 3 rings (SSSR count). The summed E-state index contributed by atoms with van der Waals surface area (Å²) in [6, 6.07) is 13.1. The Labute approximate surface area is 170 Å². The molecule has 1 atom stereocenters. The lowest BCUT2D eigenvalue weighted by Gasteiger charge is -2.15. The van der Waals surface area contributed by atoms with E-state index in [0.29, 0.717) is 17.9 Å². The molecule has 3 aromatic rings. The van der Waals surface area contributed by atoms with Crippen LogP contribution in [0.3, 0.4) is 0 Å². The summed E-state index contributed by atoms with van der Waals surface area (Å²) in [7, 11) is 1.65. The molecule has 6 heteroatoms. The molecule has 154 valence electrons. The van der Waals surface area contributed by atoms with Crippen LogP contribution in [0.25, 0.3) is 11.0 Å². The molecule has 0 amide bonds. The zero-order valence-electron chi connectivity index (χ0n) is 17.0. The van der Waals surface area contributed by atoms with E-state index in [9.17, 15) is 9.90 Å². The molecular weight excluding hydrogens is 370 g/mol. The van der Waals surface area contributed by atoms with Crippen molar-refractivity contribution < 1.29 is 19.0 Å². The van der Waals surface area contributed by atoms with E-state index in [1.807, 2.05) is 50.2 Å². The molecule has 0 saturated heterocycles. The Hall–Kier alpha value is -2.83. The molecule has 1 heterocycles. The van der Waals surface area contributed by atoms with E-state index < -0.39 is 6.10 Å². The molecule has 2 N–H and O–H groups in total. The van der Waals surface area contributed by atoms with Crippen molar-refractivity contribution in [3.05, 3.63) is 69.6 Å². The van der Waals surface area contributed by atoms with E-state index in [4.69, 9.17) is 13.9 Å². The van der Waals surface area contributed by atoms with Crippen LogP contribution >= 0.6 is 0 Å². The normalized spacial score (nSPS) is 12.1. The highest BCUT2D eigenvalue weighted by molar-refractivity contribution is 5.84. The van der Waals surface area contributed by atoms with Gasteiger partial charge >= 0.3 is 5.63 Å². The molecule has 0 bridgehead atoms. The highest BCUT2D eigenvalue weighted by atomic mass is 16.5. The van der Waals surface area contributed by atoms with Crippen molar-refractivity contribution in [3.8, 4) is 11.5 Å². The summed E-state index contributed by atoms with van der Waals surface area (Å²) in [5.41, 5.74) is 2.97. The van der Waals surface area contributed by atoms with Crippen LogP contribution < -0.4 is 20.4 Å². The summed E-state index contributed by atoms with van der Waals surface area (Å²) in [6.07, 6.45) is 0.213. The van der Waals surface area contributed by atoms with Gasteiger partial charge in [-0.05, 0) is 62.2 Å². The number of fused-ring (bicyclic) bond motifs is 1. The van der Waals surface area contributed by atoms with Gasteiger partial charge in [0, 0.05) is 23.6 Å². The molecule has 1 aromatic heterocycles. The van der Waals surface area contributed by atoms with Crippen LogP contribution in [0, 0.1) is 13.8 Å². The van der Waals surface area contributed by atoms with Gasteiger partial charge in [-0.3, -0.25) is 0 Å². The van der Waals surface area contributed by atoms with Gasteiger partial charge in [-0.1, -0.05) is 12.1 Å². The highest BCUT2D eigenvalue weighted by Gasteiger charge is 2.12. The van der Waals surface area contributed by atoms with E-state index in [1.165, 1.54) is 11.6 Å². The molecule has 0 aliphatic carbocycles. The maximum atomic E-state index is 11.7. The van der Waals surface area contributed by atoms with Gasteiger partial charge in [-0.2, -0.15) is 0 Å². The SMILES string of the molecule is COc1ccc(CCNC[C@@H](O)COc2ccc3c(C)cc(=O)oc3c2C)cc1. The summed E-state index contributed by atoms with van der Waals surface area (Å²) in [5, 5.41) is 14.3. The second-order valence-electron chi connectivity index (χ2n) is 7.08. The predicted octanol–water partition coefficient (Wildman–Crippen LogP) is 2.99. The number of hydrogen-bond acceptors (Lipinski definition) is 6. The number of nitrogens with one attached hydrogen (secondary N) is 1. The highest BCUT2D eigenvalue weighted by Crippen LogP contribution is 2.28. The molecule has 0 aliphatic heterocycles. The summed E-state index contributed by atoms with van der Waals surface area (Å²) in [5.74, 6) is 1.44. The quantitative estimate of drug-likeness (QED) is 0.427. The minimum atomic E-state index is -0.648. The van der Waals surface area contributed by atoms with Crippen LogP contribution in [0.4, 0.5) is 0 Å². The van der Waals surface area contributed by atoms with E-state index >= 15 is 0 Å². The molecule has 0 aliphatic rings. The molecular formula is C23H27NO5. The third-order valence-corrected chi connectivity index (χ3v) is 4.88. The third kappa shape index (κ3) is 5.37. The Kier molecular flexibility index (Phi) is 6.90. The van der Waals surface area contributed by atoms with E-state index in [1.54, 1.807) is 7.11 Å². The van der Waals surface area contributed by atoms with E-state index in [-0.39, 0.29) is 12.2 Å². The van der Waals surface area contributed by atoms with Crippen LogP contribution in [0.15, 0.2) is 51.7 Å². The lowest BCUT2D eigenvalue weighted by molar-refractivity contribution is 0.106. The number of methoxy groups -OCH3 is 1. The summed E-state index contributed by atoms with van der Waals surface area (Å²) in [4.78, 5) is 11.7. The molecule has 2 aromatic carbocycles. The van der Waals surface area contributed by atoms with Crippen molar-refractivity contribution in [3.63, 3.8) is 0 Å². The van der Waals surface area contributed by atoms with Gasteiger partial charge in [-0.25, -0.2) is 4.79 Å². The van der Waals surface area contributed by atoms with Crippen molar-refractivity contribution >= 4 is 11.0 Å². The largest absolute Gasteiger partial charge is 0.497 e. The van der Waals surface area contributed by atoms with Crippen LogP contribution in [0.5, 0.6) is 11.5 Å². The monoisotopic (exact) mass is 397 g/mol. The topological polar surface area (TPSA) is 80.9 Å². The first kappa shape index (κ1) is 20.9. The minimum Gasteiger partial charge on any atom is -0.497 e. The number of benzene rings is 2. The van der Waals surface area contributed by atoms with Crippen LogP contribution in [-0.4, -0.2) is 38.0 Å². The van der Waals surface area contributed by atoms with E-state index in [0.717, 1.165) is 35.2 Å².